The Kier molecular flexibility index (Phi) is 17.2. The molecule has 5 aliphatic rings. The summed E-state index contributed by atoms with van der Waals surface area (Å²) in [7, 11) is 0. The number of aryl methyl sites for hydroxylation is 2. The molecule has 16 heteroatoms. The molecule has 0 saturated heterocycles. The Morgan fingerprint density at radius 2 is 1.03 bits per heavy atom. The standard InChI is InChI=1S/C21H26N4O2.C20H25N5O2.C9H16O2.ClH/c1-3-17-16-11-22-25-21(27)15-9-14(10-18(24-17)19(15)16)23-20(26)12(2)13-7-5-4-6-8-13;1-2-15-14-10-22-25-19(26)13-8-12(9-16(24-15)17(13)14)23-20(27)18(21)11-6-4-3-5-7-11;1-7(9(10)11)8-5-3-2-4-6-8;/h9-13,24H,3-8H2,1-2H3,(H,23,26)(H,25,27);8-11,18,24H,2-7,21H2,1H3,(H,23,27)(H,25,26);7-8H,2-6H2,1H3,(H,10,11);1H/t12-;18-;7-;/m111./s1. The van der Waals surface area contributed by atoms with Gasteiger partial charge < -0.3 is 31.4 Å². The van der Waals surface area contributed by atoms with E-state index in [9.17, 15) is 24.0 Å². The highest BCUT2D eigenvalue weighted by molar-refractivity contribution is 6.17. The Hall–Kier alpha value is -5.54. The van der Waals surface area contributed by atoms with Crippen LogP contribution < -0.4 is 27.2 Å². The molecule has 4 aromatic rings. The molecule has 9 rings (SSSR count). The minimum absolute atomic E-state index is 0. The van der Waals surface area contributed by atoms with Crippen molar-refractivity contribution >= 4 is 87.6 Å². The minimum atomic E-state index is -0.628. The molecule has 3 fully saturated rings. The van der Waals surface area contributed by atoms with Crippen molar-refractivity contribution in [1.29, 1.82) is 0 Å². The maximum atomic E-state index is 12.8. The number of anilines is 2. The summed E-state index contributed by atoms with van der Waals surface area (Å²) in [5.74, 6) is -0.370. The van der Waals surface area contributed by atoms with Crippen molar-refractivity contribution in [3.8, 4) is 0 Å². The number of H-pyrrole nitrogens is 2. The maximum Gasteiger partial charge on any atom is 0.306 e. The Balaban J connectivity index is 0.000000176. The van der Waals surface area contributed by atoms with Gasteiger partial charge in [-0.05, 0) is 93.4 Å². The summed E-state index contributed by atoms with van der Waals surface area (Å²) in [6, 6.07) is 6.71. The number of aromatic amines is 2. The van der Waals surface area contributed by atoms with E-state index < -0.39 is 12.0 Å². The van der Waals surface area contributed by atoms with Crippen LogP contribution in [-0.2, 0) is 27.2 Å². The number of rotatable bonds is 10. The number of nitrogens with one attached hydrogen (secondary N) is 6. The number of aromatic nitrogens is 2. The van der Waals surface area contributed by atoms with Crippen LogP contribution in [-0.4, -0.2) is 63.1 Å². The first kappa shape index (κ1) is 49.9. The van der Waals surface area contributed by atoms with Crippen molar-refractivity contribution in [3.05, 3.63) is 57.9 Å². The zero-order valence-electron chi connectivity index (χ0n) is 38.8. The normalized spacial score (nSPS) is 18.7. The van der Waals surface area contributed by atoms with Gasteiger partial charge in [0.25, 0.3) is 11.8 Å². The number of carboxylic acids is 1. The fourth-order valence-corrected chi connectivity index (χ4v) is 10.5. The quantitative estimate of drug-likeness (QED) is 0.0766. The summed E-state index contributed by atoms with van der Waals surface area (Å²) >= 11 is 0. The molecule has 0 radical (unpaired) electrons. The molecule has 3 saturated carbocycles. The molecule has 66 heavy (non-hydrogen) atoms. The first-order chi connectivity index (χ1) is 31.4. The summed E-state index contributed by atoms with van der Waals surface area (Å²) in [5.41, 5.74) is 19.1. The third-order valence-corrected chi connectivity index (χ3v) is 14.5. The lowest BCUT2D eigenvalue weighted by Crippen LogP contribution is -2.42. The average molecular weight is 927 g/mol. The van der Waals surface area contributed by atoms with Gasteiger partial charge in [-0.3, -0.25) is 24.0 Å². The van der Waals surface area contributed by atoms with Gasteiger partial charge in [0, 0.05) is 61.6 Å². The van der Waals surface area contributed by atoms with Gasteiger partial charge in [0.15, 0.2) is 0 Å². The van der Waals surface area contributed by atoms with Gasteiger partial charge in [-0.25, -0.2) is 10.9 Å². The monoisotopic (exact) mass is 925 g/mol. The number of amides is 4. The van der Waals surface area contributed by atoms with E-state index in [1.165, 1.54) is 44.9 Å². The van der Waals surface area contributed by atoms with Gasteiger partial charge in [-0.2, -0.15) is 10.2 Å². The van der Waals surface area contributed by atoms with Crippen LogP contribution in [0.1, 0.15) is 167 Å². The number of hydrogen-bond acceptors (Lipinski definition) is 8. The number of hydrazone groups is 2. The van der Waals surface area contributed by atoms with Gasteiger partial charge in [0.1, 0.15) is 0 Å². The summed E-state index contributed by atoms with van der Waals surface area (Å²) in [6.45, 7) is 7.95. The van der Waals surface area contributed by atoms with Gasteiger partial charge in [-0.15, -0.1) is 12.4 Å². The molecule has 0 spiro atoms. The van der Waals surface area contributed by atoms with Crippen molar-refractivity contribution in [2.24, 2.45) is 45.5 Å². The van der Waals surface area contributed by atoms with Crippen molar-refractivity contribution < 1.29 is 29.1 Å². The van der Waals surface area contributed by atoms with E-state index in [4.69, 9.17) is 10.8 Å². The van der Waals surface area contributed by atoms with Crippen LogP contribution in [0.3, 0.4) is 0 Å². The van der Waals surface area contributed by atoms with Crippen LogP contribution in [0.15, 0.2) is 34.5 Å². The number of carbonyl (C=O) groups is 5. The molecule has 3 atom stereocenters. The second-order valence-electron chi connectivity index (χ2n) is 18.6. The van der Waals surface area contributed by atoms with Crippen LogP contribution in [0.4, 0.5) is 11.4 Å². The van der Waals surface area contributed by atoms with Crippen LogP contribution in [0.2, 0.25) is 0 Å². The van der Waals surface area contributed by atoms with Crippen LogP contribution in [0.25, 0.3) is 21.8 Å². The smallest absolute Gasteiger partial charge is 0.306 e. The molecule has 0 unspecified atom stereocenters. The first-order valence-corrected chi connectivity index (χ1v) is 24.0. The Morgan fingerprint density at radius 1 is 0.636 bits per heavy atom. The Labute approximate surface area is 393 Å². The van der Waals surface area contributed by atoms with Crippen LogP contribution in [0.5, 0.6) is 0 Å². The molecule has 4 heterocycles. The SMILES string of the molecule is CCc1[nH]c2cc(NC(=O)[C@H](C)C3CCCCC3)cc3c2c1C=NNC3=O.CCc1[nH]c2cc(NC(=O)[C@H](N)C3CCCCC3)cc3c2c1C=NNC3=O.C[C@@H](C(=O)O)C1CCCCC1.Cl. The van der Waals surface area contributed by atoms with Gasteiger partial charge in [-0.1, -0.05) is 85.5 Å². The number of benzene rings is 2. The van der Waals surface area contributed by atoms with E-state index in [1.54, 1.807) is 24.6 Å². The lowest BCUT2D eigenvalue weighted by Gasteiger charge is -2.26. The molecule has 2 aromatic heterocycles. The molecule has 356 valence electrons. The predicted molar refractivity (Wildman–Crippen MR) is 264 cm³/mol. The van der Waals surface area contributed by atoms with E-state index >= 15 is 0 Å². The lowest BCUT2D eigenvalue weighted by atomic mass is 9.80. The van der Waals surface area contributed by atoms with Crippen molar-refractivity contribution in [2.45, 2.75) is 143 Å². The molecular weight excluding hydrogens is 858 g/mol. The molecular formula is C50H68ClN9O6. The predicted octanol–water partition coefficient (Wildman–Crippen LogP) is 9.33. The number of aliphatic carboxylic acids is 1. The van der Waals surface area contributed by atoms with E-state index in [0.29, 0.717) is 34.3 Å². The first-order valence-electron chi connectivity index (χ1n) is 24.0. The number of carbonyl (C=O) groups excluding carboxylic acids is 4. The summed E-state index contributed by atoms with van der Waals surface area (Å²) in [4.78, 5) is 67.7. The highest BCUT2D eigenvalue weighted by atomic mass is 35.5. The van der Waals surface area contributed by atoms with Gasteiger partial charge >= 0.3 is 5.97 Å². The third kappa shape index (κ3) is 11.3. The van der Waals surface area contributed by atoms with Crippen molar-refractivity contribution in [3.63, 3.8) is 0 Å². The molecule has 15 nitrogen and oxygen atoms in total. The minimum Gasteiger partial charge on any atom is -0.481 e. The van der Waals surface area contributed by atoms with Crippen molar-refractivity contribution in [2.75, 3.05) is 10.6 Å². The number of hydrogen-bond donors (Lipinski definition) is 8. The third-order valence-electron chi connectivity index (χ3n) is 14.5. The topological polar surface area (TPSA) is 236 Å². The molecule has 9 N–H and O–H groups in total. The van der Waals surface area contributed by atoms with Gasteiger partial charge in [0.05, 0.1) is 35.5 Å². The van der Waals surface area contributed by atoms with E-state index in [2.05, 4.69) is 48.6 Å². The van der Waals surface area contributed by atoms with E-state index in [0.717, 1.165) is 109 Å². The second-order valence-corrected chi connectivity index (χ2v) is 18.6. The Bertz CT molecular complexity index is 2300. The summed E-state index contributed by atoms with van der Waals surface area (Å²) < 4.78 is 0. The largest absolute Gasteiger partial charge is 0.481 e. The highest BCUT2D eigenvalue weighted by Crippen LogP contribution is 2.35. The number of carboxylic acid groups (broad SMARTS) is 1. The summed E-state index contributed by atoms with van der Waals surface area (Å²) in [6.07, 6.45) is 22.4. The fourth-order valence-electron chi connectivity index (χ4n) is 10.5. The lowest BCUT2D eigenvalue weighted by molar-refractivity contribution is -0.143. The zero-order valence-corrected chi connectivity index (χ0v) is 39.6. The van der Waals surface area contributed by atoms with Gasteiger partial charge in [0.2, 0.25) is 11.8 Å². The highest BCUT2D eigenvalue weighted by Gasteiger charge is 2.29. The van der Waals surface area contributed by atoms with E-state index in [1.807, 2.05) is 32.9 Å². The number of nitrogens with zero attached hydrogens (tertiary/aromatic N) is 2. The fraction of sp³-hybridized carbons (Fsp3) is 0.540. The van der Waals surface area contributed by atoms with E-state index in [-0.39, 0.29) is 53.8 Å². The van der Waals surface area contributed by atoms with Crippen LogP contribution in [0, 0.1) is 29.6 Å². The molecule has 2 aromatic carbocycles. The molecule has 3 aliphatic carbocycles. The second kappa shape index (κ2) is 22.8. The summed E-state index contributed by atoms with van der Waals surface area (Å²) in [5, 5.41) is 24.4. The average Bonchev–Trinajstić information content (AvgIpc) is 3.75. The van der Waals surface area contributed by atoms with Crippen LogP contribution >= 0.6 is 12.4 Å². The zero-order chi connectivity index (χ0) is 46.2. The number of nitrogens with two attached hydrogens (primary N) is 1. The number of halogens is 1. The van der Waals surface area contributed by atoms with Crippen molar-refractivity contribution in [1.82, 2.24) is 20.8 Å². The molecule has 4 amide bonds. The molecule has 2 aliphatic heterocycles. The Morgan fingerprint density at radius 3 is 1.44 bits per heavy atom. The maximum absolute atomic E-state index is 12.8. The molecule has 0 bridgehead atoms.